The minimum atomic E-state index is -1.76. The summed E-state index contributed by atoms with van der Waals surface area (Å²) in [4.78, 5) is 25.6. The molecule has 0 aromatic rings. The molecule has 360 valence electrons. The molecule has 15 heteroatoms. The van der Waals surface area contributed by atoms with E-state index in [4.69, 9.17) is 28.4 Å². The molecule has 0 aromatic heterocycles. The third-order valence-corrected chi connectivity index (χ3v) is 11.8. The number of carbonyl (C=O) groups is 2. The average molecular weight is 879 g/mol. The minimum Gasteiger partial charge on any atom is -0.462 e. The van der Waals surface area contributed by atoms with E-state index in [1.165, 1.54) is 109 Å². The number of aliphatic hydroxyl groups excluding tert-OH is 7. The van der Waals surface area contributed by atoms with Crippen molar-refractivity contribution in [1.29, 1.82) is 0 Å². The molecule has 0 bridgehead atoms. The van der Waals surface area contributed by atoms with Gasteiger partial charge in [0.15, 0.2) is 18.7 Å². The second-order valence-electron chi connectivity index (χ2n) is 17.3. The van der Waals surface area contributed by atoms with Crippen molar-refractivity contribution < 1.29 is 73.8 Å². The van der Waals surface area contributed by atoms with Crippen molar-refractivity contribution in [2.75, 3.05) is 26.4 Å². The van der Waals surface area contributed by atoms with Crippen LogP contribution in [0.25, 0.3) is 0 Å². The van der Waals surface area contributed by atoms with Gasteiger partial charge in [-0.05, 0) is 12.8 Å². The largest absolute Gasteiger partial charge is 0.462 e. The second-order valence-corrected chi connectivity index (χ2v) is 17.3. The molecule has 2 aliphatic rings. The van der Waals surface area contributed by atoms with E-state index in [1.54, 1.807) is 0 Å². The SMILES string of the molecule is CCCCCCCCCCCCCCCCCCC(=O)O[C@H](COC(=O)CCCCCCCCCCC)CO[C@@H]1O[C@H](CO[C@@H]2O[C@H](CO)[C@H](O)C(O)C2O)[C@H](O)C(O)C1O. The van der Waals surface area contributed by atoms with Gasteiger partial charge < -0.3 is 64.2 Å². The zero-order valence-corrected chi connectivity index (χ0v) is 37.7. The van der Waals surface area contributed by atoms with Crippen molar-refractivity contribution >= 4 is 11.9 Å². The second kappa shape index (κ2) is 34.8. The maximum Gasteiger partial charge on any atom is 0.306 e. The van der Waals surface area contributed by atoms with E-state index in [2.05, 4.69) is 13.8 Å². The number of esters is 2. The molecule has 11 atom stereocenters. The lowest BCUT2D eigenvalue weighted by atomic mass is 9.98. The van der Waals surface area contributed by atoms with Gasteiger partial charge >= 0.3 is 11.9 Å². The molecule has 0 aliphatic carbocycles. The minimum absolute atomic E-state index is 0.173. The van der Waals surface area contributed by atoms with Crippen LogP contribution in [0.5, 0.6) is 0 Å². The van der Waals surface area contributed by atoms with E-state index in [-0.39, 0.29) is 26.1 Å². The smallest absolute Gasteiger partial charge is 0.306 e. The molecule has 0 aromatic carbocycles. The fourth-order valence-electron chi connectivity index (χ4n) is 7.81. The topological polar surface area (TPSA) is 231 Å². The molecule has 2 aliphatic heterocycles. The molecule has 0 radical (unpaired) electrons. The molecular weight excluding hydrogens is 792 g/mol. The van der Waals surface area contributed by atoms with E-state index in [0.29, 0.717) is 12.8 Å². The van der Waals surface area contributed by atoms with Crippen LogP contribution in [0.2, 0.25) is 0 Å². The highest BCUT2D eigenvalue weighted by molar-refractivity contribution is 5.70. The number of hydrogen-bond acceptors (Lipinski definition) is 15. The molecule has 2 heterocycles. The Bertz CT molecular complexity index is 1080. The van der Waals surface area contributed by atoms with Crippen LogP contribution in [0.15, 0.2) is 0 Å². The van der Waals surface area contributed by atoms with Crippen molar-refractivity contribution in [3.05, 3.63) is 0 Å². The molecule has 2 rings (SSSR count). The summed E-state index contributed by atoms with van der Waals surface area (Å²) < 4.78 is 33.5. The molecule has 61 heavy (non-hydrogen) atoms. The van der Waals surface area contributed by atoms with Crippen molar-refractivity contribution in [2.45, 2.75) is 255 Å². The van der Waals surface area contributed by atoms with Crippen LogP contribution in [0, 0.1) is 0 Å². The van der Waals surface area contributed by atoms with Crippen LogP contribution in [-0.2, 0) is 38.0 Å². The van der Waals surface area contributed by atoms with Gasteiger partial charge in [-0.15, -0.1) is 0 Å². The Labute approximate surface area is 366 Å². The molecule has 15 nitrogen and oxygen atoms in total. The van der Waals surface area contributed by atoms with Crippen LogP contribution >= 0.6 is 0 Å². The molecule has 7 N–H and O–H groups in total. The Kier molecular flexibility index (Phi) is 31.8. The van der Waals surface area contributed by atoms with Gasteiger partial charge in [0.2, 0.25) is 0 Å². The zero-order valence-electron chi connectivity index (χ0n) is 37.7. The van der Waals surface area contributed by atoms with E-state index < -0.39 is 92.7 Å². The predicted octanol–water partition coefficient (Wildman–Crippen LogP) is 5.65. The first kappa shape index (κ1) is 55.6. The predicted molar refractivity (Wildman–Crippen MR) is 229 cm³/mol. The highest BCUT2D eigenvalue weighted by atomic mass is 16.7. The quantitative estimate of drug-likeness (QED) is 0.0295. The van der Waals surface area contributed by atoms with E-state index >= 15 is 0 Å². The maximum atomic E-state index is 12.9. The lowest BCUT2D eigenvalue weighted by Crippen LogP contribution is -2.61. The van der Waals surface area contributed by atoms with Gasteiger partial charge in [0.1, 0.15) is 55.4 Å². The average Bonchev–Trinajstić information content (AvgIpc) is 3.25. The van der Waals surface area contributed by atoms with Gasteiger partial charge in [0, 0.05) is 12.8 Å². The van der Waals surface area contributed by atoms with Crippen LogP contribution in [0.3, 0.4) is 0 Å². The third kappa shape index (κ3) is 23.8. The number of ether oxygens (including phenoxy) is 6. The van der Waals surface area contributed by atoms with E-state index in [1.807, 2.05) is 0 Å². The van der Waals surface area contributed by atoms with E-state index in [9.17, 15) is 45.3 Å². The van der Waals surface area contributed by atoms with Gasteiger partial charge in [-0.1, -0.05) is 162 Å². The number of unbranched alkanes of at least 4 members (excludes halogenated alkanes) is 23. The summed E-state index contributed by atoms with van der Waals surface area (Å²) in [6.45, 7) is 2.58. The van der Waals surface area contributed by atoms with Crippen molar-refractivity contribution in [3.63, 3.8) is 0 Å². The Hall–Kier alpha value is -1.50. The van der Waals surface area contributed by atoms with Crippen molar-refractivity contribution in [2.24, 2.45) is 0 Å². The Morgan fingerprint density at radius 2 is 0.836 bits per heavy atom. The van der Waals surface area contributed by atoms with Gasteiger partial charge in [-0.2, -0.15) is 0 Å². The van der Waals surface area contributed by atoms with Crippen LogP contribution in [-0.4, -0.2) is 142 Å². The fourth-order valence-corrected chi connectivity index (χ4v) is 7.81. The summed E-state index contributed by atoms with van der Waals surface area (Å²) in [5.41, 5.74) is 0. The van der Waals surface area contributed by atoms with Crippen LogP contribution in [0.1, 0.15) is 187 Å². The van der Waals surface area contributed by atoms with Gasteiger partial charge in [0.05, 0.1) is 19.8 Å². The van der Waals surface area contributed by atoms with Crippen LogP contribution in [0.4, 0.5) is 0 Å². The number of aliphatic hydroxyl groups is 7. The zero-order chi connectivity index (χ0) is 44.7. The summed E-state index contributed by atoms with van der Waals surface area (Å²) in [5, 5.41) is 71.9. The summed E-state index contributed by atoms with van der Waals surface area (Å²) in [7, 11) is 0. The monoisotopic (exact) mass is 879 g/mol. The molecule has 0 amide bonds. The molecule has 0 spiro atoms. The first-order valence-electron chi connectivity index (χ1n) is 24.1. The summed E-state index contributed by atoms with van der Waals surface area (Å²) in [6.07, 6.45) is 12.9. The van der Waals surface area contributed by atoms with Gasteiger partial charge in [0.25, 0.3) is 0 Å². The summed E-state index contributed by atoms with van der Waals surface area (Å²) in [6, 6.07) is 0. The number of hydrogen-bond donors (Lipinski definition) is 7. The Morgan fingerprint density at radius 1 is 0.459 bits per heavy atom. The van der Waals surface area contributed by atoms with Gasteiger partial charge in [-0.25, -0.2) is 0 Å². The normalized spacial score (nSPS) is 27.2. The highest BCUT2D eigenvalue weighted by Gasteiger charge is 2.47. The molecule has 0 saturated carbocycles. The standard InChI is InChI=1S/C46H86O15/c1-3-5-7-9-11-13-14-15-16-17-18-19-21-23-25-27-29-38(49)59-34(31-56-37(48)28-26-24-22-20-12-10-8-6-4-2)32-57-45-44(55)42(53)40(51)36(61-45)33-58-46-43(54)41(52)39(50)35(30-47)60-46/h34-36,39-47,50-55H,3-33H2,1-2H3/t34-,35-,36-,39+,40+,41?,42?,43?,44?,45-,46-/m1/s1. The van der Waals surface area contributed by atoms with Crippen LogP contribution < -0.4 is 0 Å². The lowest BCUT2D eigenvalue weighted by Gasteiger charge is -2.42. The first-order valence-corrected chi connectivity index (χ1v) is 24.1. The molecular formula is C46H86O15. The lowest BCUT2D eigenvalue weighted by molar-refractivity contribution is -0.332. The highest BCUT2D eigenvalue weighted by Crippen LogP contribution is 2.26. The van der Waals surface area contributed by atoms with Crippen molar-refractivity contribution in [1.82, 2.24) is 0 Å². The Morgan fingerprint density at radius 3 is 1.28 bits per heavy atom. The van der Waals surface area contributed by atoms with E-state index in [0.717, 1.165) is 38.5 Å². The van der Waals surface area contributed by atoms with Crippen molar-refractivity contribution in [3.8, 4) is 0 Å². The molecule has 2 fully saturated rings. The summed E-state index contributed by atoms with van der Waals surface area (Å²) in [5.74, 6) is -0.917. The third-order valence-electron chi connectivity index (χ3n) is 11.8. The first-order chi connectivity index (χ1) is 29.5. The Balaban J connectivity index is 1.82. The molecule has 2 saturated heterocycles. The fraction of sp³-hybridized carbons (Fsp3) is 0.957. The maximum absolute atomic E-state index is 12.9. The van der Waals surface area contributed by atoms with Gasteiger partial charge in [-0.3, -0.25) is 9.59 Å². The summed E-state index contributed by atoms with van der Waals surface area (Å²) >= 11 is 0. The number of rotatable bonds is 37. The molecule has 4 unspecified atom stereocenters. The number of carbonyl (C=O) groups excluding carboxylic acids is 2.